The highest BCUT2D eigenvalue weighted by molar-refractivity contribution is 5.61. The van der Waals surface area contributed by atoms with Gasteiger partial charge >= 0.3 is 0 Å². The SMILES string of the molecule is COC[C@H](C)Oc1cc(OCc2ccccc2F)cc(-c2nccn2C)c1. The van der Waals surface area contributed by atoms with Gasteiger partial charge in [0.05, 0.1) is 6.61 Å². The fraction of sp³-hybridized carbons (Fsp3) is 0.286. The van der Waals surface area contributed by atoms with Gasteiger partial charge in [0.2, 0.25) is 0 Å². The molecule has 0 saturated heterocycles. The van der Waals surface area contributed by atoms with E-state index in [0.717, 1.165) is 11.4 Å². The van der Waals surface area contributed by atoms with Crippen LogP contribution in [0.3, 0.4) is 0 Å². The highest BCUT2D eigenvalue weighted by atomic mass is 19.1. The van der Waals surface area contributed by atoms with Gasteiger partial charge in [-0.2, -0.15) is 0 Å². The number of aromatic nitrogens is 2. The number of benzene rings is 2. The Hall–Kier alpha value is -2.86. The zero-order chi connectivity index (χ0) is 19.2. The van der Waals surface area contributed by atoms with E-state index in [1.54, 1.807) is 37.6 Å². The number of halogens is 1. The van der Waals surface area contributed by atoms with Crippen LogP contribution >= 0.6 is 0 Å². The van der Waals surface area contributed by atoms with Crippen LogP contribution in [-0.2, 0) is 18.4 Å². The first kappa shape index (κ1) is 18.9. The molecule has 27 heavy (non-hydrogen) atoms. The van der Waals surface area contributed by atoms with Crippen molar-refractivity contribution in [1.82, 2.24) is 9.55 Å². The van der Waals surface area contributed by atoms with E-state index >= 15 is 0 Å². The lowest BCUT2D eigenvalue weighted by Crippen LogP contribution is -2.18. The number of nitrogens with zero attached hydrogens (tertiary/aromatic N) is 2. The molecule has 6 heteroatoms. The Morgan fingerprint density at radius 3 is 2.63 bits per heavy atom. The van der Waals surface area contributed by atoms with Gasteiger partial charge in [0.25, 0.3) is 0 Å². The Morgan fingerprint density at radius 1 is 1.15 bits per heavy atom. The number of ether oxygens (including phenoxy) is 3. The van der Waals surface area contributed by atoms with Crippen LogP contribution in [0.5, 0.6) is 11.5 Å². The second kappa shape index (κ2) is 8.68. The zero-order valence-electron chi connectivity index (χ0n) is 15.7. The number of rotatable bonds is 8. The molecule has 2 aromatic carbocycles. The van der Waals surface area contributed by atoms with Crippen LogP contribution in [0.25, 0.3) is 11.4 Å². The molecule has 0 saturated carbocycles. The number of imidazole rings is 1. The summed E-state index contributed by atoms with van der Waals surface area (Å²) >= 11 is 0. The number of aryl methyl sites for hydroxylation is 1. The third-order valence-electron chi connectivity index (χ3n) is 4.05. The molecular formula is C21H23FN2O3. The Labute approximate surface area is 158 Å². The number of hydrogen-bond donors (Lipinski definition) is 0. The average molecular weight is 370 g/mol. The van der Waals surface area contributed by atoms with E-state index in [4.69, 9.17) is 14.2 Å². The van der Waals surface area contributed by atoms with Gasteiger partial charge in [-0.25, -0.2) is 9.37 Å². The second-order valence-corrected chi connectivity index (χ2v) is 6.32. The van der Waals surface area contributed by atoms with Crippen molar-refractivity contribution in [2.45, 2.75) is 19.6 Å². The normalized spacial score (nSPS) is 12.0. The molecule has 1 aromatic heterocycles. The molecule has 0 aliphatic carbocycles. The van der Waals surface area contributed by atoms with Gasteiger partial charge in [0.15, 0.2) is 0 Å². The van der Waals surface area contributed by atoms with Gasteiger partial charge in [-0.15, -0.1) is 0 Å². The summed E-state index contributed by atoms with van der Waals surface area (Å²) in [5.41, 5.74) is 1.35. The predicted molar refractivity (Wildman–Crippen MR) is 101 cm³/mol. The van der Waals surface area contributed by atoms with Crippen molar-refractivity contribution in [2.24, 2.45) is 7.05 Å². The molecule has 1 atom stereocenters. The van der Waals surface area contributed by atoms with Crippen molar-refractivity contribution >= 4 is 0 Å². The summed E-state index contributed by atoms with van der Waals surface area (Å²) in [6.07, 6.45) is 3.48. The zero-order valence-corrected chi connectivity index (χ0v) is 15.7. The van der Waals surface area contributed by atoms with Crippen LogP contribution in [0.1, 0.15) is 12.5 Å². The standard InChI is InChI=1S/C21H23FN2O3/c1-15(13-25-3)27-19-11-17(21-23-8-9-24(21)2)10-18(12-19)26-14-16-6-4-5-7-20(16)22/h4-12,15H,13-14H2,1-3H3/t15-/m0/s1. The van der Waals surface area contributed by atoms with Crippen LogP contribution < -0.4 is 9.47 Å². The van der Waals surface area contributed by atoms with Crippen LogP contribution in [0.4, 0.5) is 4.39 Å². The molecule has 1 heterocycles. The summed E-state index contributed by atoms with van der Waals surface area (Å²) < 4.78 is 32.7. The number of hydrogen-bond acceptors (Lipinski definition) is 4. The van der Waals surface area contributed by atoms with Crippen LogP contribution in [-0.4, -0.2) is 29.4 Å². The Morgan fingerprint density at radius 2 is 1.93 bits per heavy atom. The molecule has 0 N–H and O–H groups in total. The molecule has 142 valence electrons. The van der Waals surface area contributed by atoms with Crippen LogP contribution in [0, 0.1) is 5.82 Å². The average Bonchev–Trinajstić information content (AvgIpc) is 3.07. The summed E-state index contributed by atoms with van der Waals surface area (Å²) in [5.74, 6) is 1.72. The molecule has 0 aliphatic rings. The van der Waals surface area contributed by atoms with E-state index in [1.807, 2.05) is 36.9 Å². The molecule has 3 rings (SSSR count). The maximum atomic E-state index is 13.9. The van der Waals surface area contributed by atoms with Crippen LogP contribution in [0.2, 0.25) is 0 Å². The minimum absolute atomic E-state index is 0.119. The third kappa shape index (κ3) is 4.86. The van der Waals surface area contributed by atoms with Gasteiger partial charge in [-0.3, -0.25) is 0 Å². The molecule has 0 radical (unpaired) electrons. The molecular weight excluding hydrogens is 347 g/mol. The lowest BCUT2D eigenvalue weighted by molar-refractivity contribution is 0.0919. The highest BCUT2D eigenvalue weighted by Gasteiger charge is 2.12. The maximum Gasteiger partial charge on any atom is 0.139 e. The first-order valence-electron chi connectivity index (χ1n) is 8.71. The lowest BCUT2D eigenvalue weighted by atomic mass is 10.1. The smallest absolute Gasteiger partial charge is 0.139 e. The van der Waals surface area contributed by atoms with Gasteiger partial charge in [0.1, 0.15) is 35.9 Å². The van der Waals surface area contributed by atoms with Crippen molar-refractivity contribution in [3.63, 3.8) is 0 Å². The van der Waals surface area contributed by atoms with E-state index in [2.05, 4.69) is 4.98 Å². The summed E-state index contributed by atoms with van der Waals surface area (Å²) in [7, 11) is 3.55. The quantitative estimate of drug-likeness (QED) is 0.596. The fourth-order valence-electron chi connectivity index (χ4n) is 2.77. The minimum Gasteiger partial charge on any atom is -0.489 e. The molecule has 0 fully saturated rings. The summed E-state index contributed by atoms with van der Waals surface area (Å²) in [4.78, 5) is 4.38. The first-order valence-corrected chi connectivity index (χ1v) is 8.71. The Balaban J connectivity index is 1.87. The maximum absolute atomic E-state index is 13.9. The summed E-state index contributed by atoms with van der Waals surface area (Å²) in [6, 6.07) is 12.1. The fourth-order valence-corrected chi connectivity index (χ4v) is 2.77. The largest absolute Gasteiger partial charge is 0.489 e. The van der Waals surface area contributed by atoms with E-state index in [9.17, 15) is 4.39 Å². The monoisotopic (exact) mass is 370 g/mol. The van der Waals surface area contributed by atoms with Crippen LogP contribution in [0.15, 0.2) is 54.9 Å². The Bertz CT molecular complexity index is 895. The molecule has 5 nitrogen and oxygen atoms in total. The topological polar surface area (TPSA) is 45.5 Å². The lowest BCUT2D eigenvalue weighted by Gasteiger charge is -2.16. The van der Waals surface area contributed by atoms with Crippen molar-refractivity contribution in [2.75, 3.05) is 13.7 Å². The second-order valence-electron chi connectivity index (χ2n) is 6.32. The molecule has 0 unspecified atom stereocenters. The van der Waals surface area contributed by atoms with Gasteiger partial charge in [-0.05, 0) is 25.1 Å². The van der Waals surface area contributed by atoms with Gasteiger partial charge < -0.3 is 18.8 Å². The molecule has 0 amide bonds. The van der Waals surface area contributed by atoms with E-state index < -0.39 is 0 Å². The molecule has 0 bridgehead atoms. The Kier molecular flexibility index (Phi) is 6.08. The highest BCUT2D eigenvalue weighted by Crippen LogP contribution is 2.30. The third-order valence-corrected chi connectivity index (χ3v) is 4.05. The van der Waals surface area contributed by atoms with E-state index in [-0.39, 0.29) is 18.5 Å². The van der Waals surface area contributed by atoms with Crippen molar-refractivity contribution in [1.29, 1.82) is 0 Å². The van der Waals surface area contributed by atoms with Crippen molar-refractivity contribution in [3.8, 4) is 22.9 Å². The molecule has 0 spiro atoms. The van der Waals surface area contributed by atoms with Gasteiger partial charge in [0, 0.05) is 43.7 Å². The predicted octanol–water partition coefficient (Wildman–Crippen LogP) is 4.22. The summed E-state index contributed by atoms with van der Waals surface area (Å²) in [6.45, 7) is 2.53. The number of methoxy groups -OCH3 is 1. The summed E-state index contributed by atoms with van der Waals surface area (Å²) in [5, 5.41) is 0. The minimum atomic E-state index is -0.289. The van der Waals surface area contributed by atoms with Gasteiger partial charge in [-0.1, -0.05) is 18.2 Å². The van der Waals surface area contributed by atoms with E-state index in [0.29, 0.717) is 23.7 Å². The van der Waals surface area contributed by atoms with E-state index in [1.165, 1.54) is 6.07 Å². The van der Waals surface area contributed by atoms with Crippen molar-refractivity contribution < 1.29 is 18.6 Å². The van der Waals surface area contributed by atoms with Crippen molar-refractivity contribution in [3.05, 3.63) is 66.2 Å². The molecule has 0 aliphatic heterocycles. The molecule has 3 aromatic rings. The first-order chi connectivity index (χ1) is 13.1.